The predicted octanol–water partition coefficient (Wildman–Crippen LogP) is 2.71. The minimum absolute atomic E-state index is 0. The van der Waals surface area contributed by atoms with Crippen LogP contribution in [0.3, 0.4) is 0 Å². The number of rotatable bonds is 4. The first kappa shape index (κ1) is 14.3. The number of halogens is 1. The zero-order valence-electron chi connectivity index (χ0n) is 9.62. The molecule has 2 N–H and O–H groups in total. The lowest BCUT2D eigenvalue weighted by Gasteiger charge is -2.13. The summed E-state index contributed by atoms with van der Waals surface area (Å²) in [6, 6.07) is 6.44. The second-order valence-corrected chi connectivity index (χ2v) is 3.69. The van der Waals surface area contributed by atoms with Crippen LogP contribution in [0.15, 0.2) is 18.2 Å². The van der Waals surface area contributed by atoms with Gasteiger partial charge in [0, 0.05) is 6.04 Å². The molecule has 0 saturated heterocycles. The molecule has 1 unspecified atom stereocenters. The lowest BCUT2D eigenvalue weighted by Crippen LogP contribution is -2.21. The van der Waals surface area contributed by atoms with Gasteiger partial charge in [0.15, 0.2) is 0 Å². The highest BCUT2D eigenvalue weighted by atomic mass is 35.5. The van der Waals surface area contributed by atoms with E-state index in [0.29, 0.717) is 0 Å². The molecule has 1 aromatic carbocycles. The summed E-state index contributed by atoms with van der Waals surface area (Å²) in [7, 11) is 1.70. The van der Waals surface area contributed by atoms with Gasteiger partial charge in [0.05, 0.1) is 7.11 Å². The average Bonchev–Trinajstić information content (AvgIpc) is 2.18. The summed E-state index contributed by atoms with van der Waals surface area (Å²) in [6.07, 6.45) is 1.89. The second kappa shape index (κ2) is 6.70. The fraction of sp³-hybridized carbons (Fsp3) is 0.500. The maximum atomic E-state index is 5.92. The van der Waals surface area contributed by atoms with Gasteiger partial charge in [0.25, 0.3) is 0 Å². The Morgan fingerprint density at radius 1 is 1.40 bits per heavy atom. The molecule has 15 heavy (non-hydrogen) atoms. The predicted molar refractivity (Wildman–Crippen MR) is 66.9 cm³/mol. The third-order valence-corrected chi connectivity index (χ3v) is 2.44. The van der Waals surface area contributed by atoms with Crippen molar-refractivity contribution < 1.29 is 4.74 Å². The van der Waals surface area contributed by atoms with E-state index in [1.807, 2.05) is 6.07 Å². The van der Waals surface area contributed by atoms with E-state index < -0.39 is 0 Å². The van der Waals surface area contributed by atoms with Crippen LogP contribution in [0.5, 0.6) is 5.75 Å². The molecule has 86 valence electrons. The molecule has 0 bridgehead atoms. The molecule has 0 aliphatic carbocycles. The third kappa shape index (κ3) is 4.10. The first-order valence-electron chi connectivity index (χ1n) is 5.06. The van der Waals surface area contributed by atoms with E-state index in [1.165, 1.54) is 11.1 Å². The minimum atomic E-state index is 0. The molecule has 0 amide bonds. The smallest absolute Gasteiger partial charge is 0.122 e. The van der Waals surface area contributed by atoms with E-state index in [1.54, 1.807) is 7.11 Å². The Labute approximate surface area is 98.2 Å². The quantitative estimate of drug-likeness (QED) is 0.862. The highest BCUT2D eigenvalue weighted by Gasteiger charge is 2.07. The standard InChI is InChI=1S/C12H19NO.ClH/c1-4-11(13)8-10-7-9(2)5-6-12(10)14-3;/h5-7,11H,4,8,13H2,1-3H3;1H. The molecular weight excluding hydrogens is 210 g/mol. The first-order valence-corrected chi connectivity index (χ1v) is 5.06. The van der Waals surface area contributed by atoms with Gasteiger partial charge in [-0.1, -0.05) is 24.6 Å². The number of aryl methyl sites for hydroxylation is 1. The summed E-state index contributed by atoms with van der Waals surface area (Å²) >= 11 is 0. The van der Waals surface area contributed by atoms with Crippen molar-refractivity contribution in [3.8, 4) is 5.75 Å². The Bertz CT molecular complexity index is 302. The second-order valence-electron chi connectivity index (χ2n) is 3.69. The Morgan fingerprint density at radius 3 is 2.60 bits per heavy atom. The van der Waals surface area contributed by atoms with Crippen molar-refractivity contribution in [2.75, 3.05) is 7.11 Å². The van der Waals surface area contributed by atoms with Crippen LogP contribution < -0.4 is 10.5 Å². The number of methoxy groups -OCH3 is 1. The third-order valence-electron chi connectivity index (χ3n) is 2.44. The summed E-state index contributed by atoms with van der Waals surface area (Å²) < 4.78 is 5.29. The molecule has 0 aliphatic rings. The molecule has 0 fully saturated rings. The van der Waals surface area contributed by atoms with Crippen LogP contribution in [-0.4, -0.2) is 13.2 Å². The van der Waals surface area contributed by atoms with Crippen molar-refractivity contribution in [3.63, 3.8) is 0 Å². The van der Waals surface area contributed by atoms with Crippen LogP contribution in [-0.2, 0) is 6.42 Å². The molecule has 1 atom stereocenters. The van der Waals surface area contributed by atoms with Crippen molar-refractivity contribution >= 4 is 12.4 Å². The summed E-state index contributed by atoms with van der Waals surface area (Å²) in [6.45, 7) is 4.19. The molecule has 0 radical (unpaired) electrons. The van der Waals surface area contributed by atoms with Crippen LogP contribution in [0, 0.1) is 6.92 Å². The van der Waals surface area contributed by atoms with E-state index >= 15 is 0 Å². The molecule has 0 aliphatic heterocycles. The number of hydrogen-bond donors (Lipinski definition) is 1. The average molecular weight is 230 g/mol. The molecule has 0 spiro atoms. The van der Waals surface area contributed by atoms with Crippen molar-refractivity contribution in [2.45, 2.75) is 32.7 Å². The molecule has 0 aromatic heterocycles. The van der Waals surface area contributed by atoms with Crippen molar-refractivity contribution in [3.05, 3.63) is 29.3 Å². The summed E-state index contributed by atoms with van der Waals surface area (Å²) in [5.41, 5.74) is 8.39. The number of hydrogen-bond acceptors (Lipinski definition) is 2. The minimum Gasteiger partial charge on any atom is -0.496 e. The van der Waals surface area contributed by atoms with Gasteiger partial charge in [-0.2, -0.15) is 0 Å². The van der Waals surface area contributed by atoms with Gasteiger partial charge in [-0.05, 0) is 31.4 Å². The largest absolute Gasteiger partial charge is 0.496 e. The van der Waals surface area contributed by atoms with Gasteiger partial charge in [0.1, 0.15) is 5.75 Å². The first-order chi connectivity index (χ1) is 6.67. The van der Waals surface area contributed by atoms with Crippen molar-refractivity contribution in [2.24, 2.45) is 5.73 Å². The number of ether oxygens (including phenoxy) is 1. The van der Waals surface area contributed by atoms with Gasteiger partial charge in [-0.15, -0.1) is 12.4 Å². The van der Waals surface area contributed by atoms with E-state index in [0.717, 1.165) is 18.6 Å². The van der Waals surface area contributed by atoms with Crippen LogP contribution in [0.25, 0.3) is 0 Å². The molecule has 0 heterocycles. The number of nitrogens with two attached hydrogens (primary N) is 1. The van der Waals surface area contributed by atoms with E-state index in [2.05, 4.69) is 26.0 Å². The van der Waals surface area contributed by atoms with Crippen LogP contribution >= 0.6 is 12.4 Å². The lowest BCUT2D eigenvalue weighted by atomic mass is 10.0. The van der Waals surface area contributed by atoms with E-state index in [-0.39, 0.29) is 18.4 Å². The zero-order valence-corrected chi connectivity index (χ0v) is 10.4. The summed E-state index contributed by atoms with van der Waals surface area (Å²) in [4.78, 5) is 0. The fourth-order valence-electron chi connectivity index (χ4n) is 1.49. The van der Waals surface area contributed by atoms with Gasteiger partial charge < -0.3 is 10.5 Å². The number of benzene rings is 1. The maximum absolute atomic E-state index is 5.92. The lowest BCUT2D eigenvalue weighted by molar-refractivity contribution is 0.407. The topological polar surface area (TPSA) is 35.2 Å². The van der Waals surface area contributed by atoms with Crippen LogP contribution in [0.4, 0.5) is 0 Å². The highest BCUT2D eigenvalue weighted by molar-refractivity contribution is 5.85. The SMILES string of the molecule is CCC(N)Cc1cc(C)ccc1OC.Cl. The zero-order chi connectivity index (χ0) is 10.6. The molecular formula is C12H20ClNO. The fourth-order valence-corrected chi connectivity index (χ4v) is 1.49. The van der Waals surface area contributed by atoms with Gasteiger partial charge in [-0.3, -0.25) is 0 Å². The van der Waals surface area contributed by atoms with Crippen LogP contribution in [0.2, 0.25) is 0 Å². The molecule has 1 rings (SSSR count). The van der Waals surface area contributed by atoms with Crippen molar-refractivity contribution in [1.82, 2.24) is 0 Å². The normalized spacial score (nSPS) is 11.7. The Hall–Kier alpha value is -0.730. The molecule has 2 nitrogen and oxygen atoms in total. The maximum Gasteiger partial charge on any atom is 0.122 e. The van der Waals surface area contributed by atoms with E-state index in [4.69, 9.17) is 10.5 Å². The Morgan fingerprint density at radius 2 is 2.07 bits per heavy atom. The van der Waals surface area contributed by atoms with Gasteiger partial charge in [0.2, 0.25) is 0 Å². The summed E-state index contributed by atoms with van der Waals surface area (Å²) in [5.74, 6) is 0.944. The monoisotopic (exact) mass is 229 g/mol. The summed E-state index contributed by atoms with van der Waals surface area (Å²) in [5, 5.41) is 0. The molecule has 3 heteroatoms. The Balaban J connectivity index is 0.00000196. The molecule has 0 saturated carbocycles. The van der Waals surface area contributed by atoms with E-state index in [9.17, 15) is 0 Å². The highest BCUT2D eigenvalue weighted by Crippen LogP contribution is 2.21. The van der Waals surface area contributed by atoms with Crippen molar-refractivity contribution in [1.29, 1.82) is 0 Å². The van der Waals surface area contributed by atoms with Gasteiger partial charge in [-0.25, -0.2) is 0 Å². The Kier molecular flexibility index (Phi) is 6.37. The van der Waals surface area contributed by atoms with Gasteiger partial charge >= 0.3 is 0 Å². The molecule has 1 aromatic rings. The van der Waals surface area contributed by atoms with Crippen LogP contribution in [0.1, 0.15) is 24.5 Å².